The number of ketones is 1. The van der Waals surface area contributed by atoms with Crippen LogP contribution in [-0.4, -0.2) is 51.5 Å². The Morgan fingerprint density at radius 3 is 2.52 bits per heavy atom. The van der Waals surface area contributed by atoms with Crippen molar-refractivity contribution < 1.29 is 29.3 Å². The number of hydrogen-bond donors (Lipinski definition) is 2. The van der Waals surface area contributed by atoms with Crippen LogP contribution in [0, 0.1) is 11.8 Å². The van der Waals surface area contributed by atoms with Gasteiger partial charge in [0.1, 0.15) is 18.1 Å². The van der Waals surface area contributed by atoms with E-state index in [1.54, 1.807) is 43.3 Å². The number of allylic oxidation sites excluding steroid dienone is 1. The molecule has 7 nitrogen and oxygen atoms in total. The molecule has 0 saturated carbocycles. The summed E-state index contributed by atoms with van der Waals surface area (Å²) in [5, 5.41) is 19.7. The molecule has 7 heteroatoms. The van der Waals surface area contributed by atoms with Crippen LogP contribution in [0.2, 0.25) is 0 Å². The van der Waals surface area contributed by atoms with Crippen molar-refractivity contribution in [3.63, 3.8) is 0 Å². The SMILES string of the molecule is CC(O)C1C(=O)N2C(C(=O)O)=C(/C=C/COc3cccc4c3-c3ccccc3C4=O)C(C)[C@H]12. The molecule has 2 aromatic rings. The van der Waals surface area contributed by atoms with Gasteiger partial charge in [-0.25, -0.2) is 4.79 Å². The zero-order valence-electron chi connectivity index (χ0n) is 18.2. The van der Waals surface area contributed by atoms with Gasteiger partial charge in [0, 0.05) is 22.6 Å². The molecular weight excluding hydrogens is 422 g/mol. The summed E-state index contributed by atoms with van der Waals surface area (Å²) in [6.07, 6.45) is 2.56. The largest absolute Gasteiger partial charge is 0.489 e. The maximum Gasteiger partial charge on any atom is 0.352 e. The van der Waals surface area contributed by atoms with Gasteiger partial charge < -0.3 is 19.8 Å². The minimum Gasteiger partial charge on any atom is -0.489 e. The van der Waals surface area contributed by atoms with Gasteiger partial charge in [0.05, 0.1) is 18.1 Å². The van der Waals surface area contributed by atoms with E-state index in [1.165, 1.54) is 4.90 Å². The van der Waals surface area contributed by atoms with Crippen LogP contribution < -0.4 is 4.74 Å². The van der Waals surface area contributed by atoms with Crippen molar-refractivity contribution in [2.75, 3.05) is 6.61 Å². The van der Waals surface area contributed by atoms with E-state index in [4.69, 9.17) is 4.74 Å². The maximum absolute atomic E-state index is 12.7. The quantitative estimate of drug-likeness (QED) is 0.566. The van der Waals surface area contributed by atoms with Crippen LogP contribution in [-0.2, 0) is 9.59 Å². The molecule has 1 amide bonds. The lowest BCUT2D eigenvalue weighted by atomic mass is 9.78. The lowest BCUT2D eigenvalue weighted by Gasteiger charge is -2.46. The number of benzene rings is 2. The number of carboxylic acids is 1. The van der Waals surface area contributed by atoms with Gasteiger partial charge in [-0.05, 0) is 30.2 Å². The van der Waals surface area contributed by atoms with Gasteiger partial charge >= 0.3 is 5.97 Å². The Kier molecular flexibility index (Phi) is 4.94. The van der Waals surface area contributed by atoms with Crippen molar-refractivity contribution in [3.05, 3.63) is 77.0 Å². The van der Waals surface area contributed by atoms with Gasteiger partial charge in [0.25, 0.3) is 0 Å². The third kappa shape index (κ3) is 3.03. The molecule has 2 aromatic carbocycles. The van der Waals surface area contributed by atoms with Gasteiger partial charge in [0.2, 0.25) is 5.91 Å². The van der Waals surface area contributed by atoms with Crippen molar-refractivity contribution in [2.45, 2.75) is 26.0 Å². The molecule has 1 fully saturated rings. The first-order chi connectivity index (χ1) is 15.8. The summed E-state index contributed by atoms with van der Waals surface area (Å²) < 4.78 is 5.97. The number of carbonyl (C=O) groups is 3. The first-order valence-corrected chi connectivity index (χ1v) is 10.9. The van der Waals surface area contributed by atoms with Crippen LogP contribution in [0.4, 0.5) is 0 Å². The molecule has 1 saturated heterocycles. The second-order valence-electron chi connectivity index (χ2n) is 8.63. The van der Waals surface area contributed by atoms with E-state index >= 15 is 0 Å². The zero-order chi connectivity index (χ0) is 23.4. The fourth-order valence-electron chi connectivity index (χ4n) is 5.29. The van der Waals surface area contributed by atoms with Crippen LogP contribution in [0.3, 0.4) is 0 Å². The van der Waals surface area contributed by atoms with E-state index in [0.717, 1.165) is 11.1 Å². The Morgan fingerprint density at radius 2 is 1.82 bits per heavy atom. The van der Waals surface area contributed by atoms with E-state index in [0.29, 0.717) is 22.4 Å². The van der Waals surface area contributed by atoms with Crippen molar-refractivity contribution >= 4 is 17.7 Å². The summed E-state index contributed by atoms with van der Waals surface area (Å²) in [5.74, 6) is -1.80. The molecule has 33 heavy (non-hydrogen) atoms. The Labute approximate surface area is 190 Å². The summed E-state index contributed by atoms with van der Waals surface area (Å²) in [6, 6.07) is 12.4. The first kappa shape index (κ1) is 21.2. The number of fused-ring (bicyclic) bond motifs is 4. The monoisotopic (exact) mass is 445 g/mol. The molecular formula is C26H23NO6. The highest BCUT2D eigenvalue weighted by Crippen LogP contribution is 2.47. The van der Waals surface area contributed by atoms with Gasteiger partial charge in [0.15, 0.2) is 5.78 Å². The average molecular weight is 445 g/mol. The van der Waals surface area contributed by atoms with Gasteiger partial charge in [-0.1, -0.05) is 49.4 Å². The predicted octanol–water partition coefficient (Wildman–Crippen LogP) is 3.03. The third-order valence-electron chi connectivity index (χ3n) is 6.77. The summed E-state index contributed by atoms with van der Waals surface area (Å²) >= 11 is 0. The van der Waals surface area contributed by atoms with E-state index in [1.807, 2.05) is 25.1 Å². The highest BCUT2D eigenvalue weighted by Gasteiger charge is 2.59. The van der Waals surface area contributed by atoms with E-state index in [9.17, 15) is 24.6 Å². The van der Waals surface area contributed by atoms with Gasteiger partial charge in [-0.2, -0.15) is 0 Å². The standard InChI is InChI=1S/C26H23NO6/c1-13-15(23(26(31)32)27-22(13)20(14(2)28)25(27)30)10-6-12-33-19-11-5-9-18-21(19)16-7-3-4-8-17(16)24(18)29/h3-11,13-14,20,22,28H,12H2,1-2H3,(H,31,32)/b10-6+/t13?,14?,20?,22-/m1/s1. The lowest BCUT2D eigenvalue weighted by molar-refractivity contribution is -0.163. The van der Waals surface area contributed by atoms with Crippen molar-refractivity contribution in [1.82, 2.24) is 4.90 Å². The van der Waals surface area contributed by atoms with Crippen LogP contribution in [0.25, 0.3) is 11.1 Å². The summed E-state index contributed by atoms with van der Waals surface area (Å²) in [6.45, 7) is 3.58. The van der Waals surface area contributed by atoms with Gasteiger partial charge in [-0.3, -0.25) is 9.59 Å². The number of amides is 1. The van der Waals surface area contributed by atoms with Crippen LogP contribution in [0.1, 0.15) is 29.8 Å². The molecule has 0 spiro atoms. The second kappa shape index (κ2) is 7.71. The summed E-state index contributed by atoms with van der Waals surface area (Å²) in [4.78, 5) is 38.3. The van der Waals surface area contributed by atoms with E-state index < -0.39 is 18.0 Å². The number of carbonyl (C=O) groups excluding carboxylic acids is 2. The third-order valence-corrected chi connectivity index (χ3v) is 6.77. The molecule has 2 N–H and O–H groups in total. The second-order valence-corrected chi connectivity index (χ2v) is 8.63. The Bertz CT molecular complexity index is 1260. The van der Waals surface area contributed by atoms with Gasteiger partial charge in [-0.15, -0.1) is 0 Å². The average Bonchev–Trinajstić information content (AvgIpc) is 3.21. The first-order valence-electron chi connectivity index (χ1n) is 10.9. The number of aliphatic hydroxyl groups is 1. The Balaban J connectivity index is 1.38. The van der Waals surface area contributed by atoms with E-state index in [-0.39, 0.29) is 36.0 Å². The molecule has 2 heterocycles. The molecule has 0 aromatic heterocycles. The molecule has 2 aliphatic heterocycles. The minimum absolute atomic E-state index is 0.0283. The van der Waals surface area contributed by atoms with Crippen LogP contribution >= 0.6 is 0 Å². The lowest BCUT2D eigenvalue weighted by Crippen LogP contribution is -2.63. The fraction of sp³-hybridized carbons (Fsp3) is 0.269. The normalized spacial score (nSPS) is 24.0. The molecule has 3 unspecified atom stereocenters. The van der Waals surface area contributed by atoms with Crippen molar-refractivity contribution in [2.24, 2.45) is 11.8 Å². The number of ether oxygens (including phenoxy) is 1. The van der Waals surface area contributed by atoms with E-state index in [2.05, 4.69) is 0 Å². The molecule has 5 rings (SSSR count). The zero-order valence-corrected chi connectivity index (χ0v) is 18.2. The maximum atomic E-state index is 12.7. The highest BCUT2D eigenvalue weighted by atomic mass is 16.5. The molecule has 1 aliphatic carbocycles. The van der Waals surface area contributed by atoms with Crippen LogP contribution in [0.5, 0.6) is 5.75 Å². The highest BCUT2D eigenvalue weighted by molar-refractivity contribution is 6.22. The number of hydrogen-bond acceptors (Lipinski definition) is 5. The minimum atomic E-state index is -1.17. The number of carboxylic acid groups (broad SMARTS) is 1. The number of aliphatic hydroxyl groups excluding tert-OH is 1. The molecule has 4 atom stereocenters. The number of β-lactam (4-membered cyclic amide) rings is 1. The number of aliphatic carboxylic acids is 1. The Hall–Kier alpha value is -3.71. The van der Waals surface area contributed by atoms with Crippen LogP contribution in [0.15, 0.2) is 65.9 Å². The smallest absolute Gasteiger partial charge is 0.352 e. The predicted molar refractivity (Wildman–Crippen MR) is 120 cm³/mol. The number of nitrogens with zero attached hydrogens (tertiary/aromatic N) is 1. The molecule has 168 valence electrons. The number of rotatable bonds is 6. The molecule has 0 bridgehead atoms. The van der Waals surface area contributed by atoms with Crippen molar-refractivity contribution in [3.8, 4) is 16.9 Å². The van der Waals surface area contributed by atoms with Crippen molar-refractivity contribution in [1.29, 1.82) is 0 Å². The Morgan fingerprint density at radius 1 is 1.12 bits per heavy atom. The molecule has 3 aliphatic rings. The topological polar surface area (TPSA) is 104 Å². The summed E-state index contributed by atoms with van der Waals surface area (Å²) in [5.41, 5.74) is 3.35. The fourth-order valence-corrected chi connectivity index (χ4v) is 5.29. The summed E-state index contributed by atoms with van der Waals surface area (Å²) in [7, 11) is 0. The molecule has 0 radical (unpaired) electrons.